The summed E-state index contributed by atoms with van der Waals surface area (Å²) < 4.78 is 17.7. The van der Waals surface area contributed by atoms with Gasteiger partial charge in [0.2, 0.25) is 5.91 Å². The maximum absolute atomic E-state index is 12.7. The van der Waals surface area contributed by atoms with Crippen molar-refractivity contribution < 1.29 is 13.9 Å². The Morgan fingerprint density at radius 1 is 1.38 bits per heavy atom. The maximum atomic E-state index is 12.7. The summed E-state index contributed by atoms with van der Waals surface area (Å²) in [5, 5.41) is 2.85. The molecule has 2 unspecified atom stereocenters. The van der Waals surface area contributed by atoms with Crippen LogP contribution in [0.3, 0.4) is 0 Å². The van der Waals surface area contributed by atoms with Gasteiger partial charge in [0.05, 0.1) is 19.1 Å². The van der Waals surface area contributed by atoms with Crippen LogP contribution in [0.25, 0.3) is 0 Å². The molecular weight excluding hydrogens is 173 g/mol. The van der Waals surface area contributed by atoms with E-state index in [0.29, 0.717) is 26.1 Å². The molecule has 0 aromatic carbocycles. The molecule has 1 saturated heterocycles. The lowest BCUT2D eigenvalue weighted by atomic mass is 10.1. The Morgan fingerprint density at radius 3 is 2.62 bits per heavy atom. The van der Waals surface area contributed by atoms with Gasteiger partial charge in [-0.3, -0.25) is 4.79 Å². The van der Waals surface area contributed by atoms with Crippen LogP contribution in [0.15, 0.2) is 0 Å². The van der Waals surface area contributed by atoms with Crippen LogP contribution in [0, 0.1) is 5.92 Å². The second-order valence-electron chi connectivity index (χ2n) is 3.85. The van der Waals surface area contributed by atoms with Gasteiger partial charge in [-0.1, -0.05) is 0 Å². The number of alkyl halides is 1. The second-order valence-corrected chi connectivity index (χ2v) is 3.85. The molecule has 2 fully saturated rings. The van der Waals surface area contributed by atoms with Gasteiger partial charge in [-0.15, -0.1) is 0 Å². The molecule has 2 rings (SSSR count). The first-order valence-corrected chi connectivity index (χ1v) is 4.78. The smallest absolute Gasteiger partial charge is 0.228 e. The van der Waals surface area contributed by atoms with Crippen molar-refractivity contribution in [3.8, 4) is 0 Å². The van der Waals surface area contributed by atoms with Crippen LogP contribution in [-0.4, -0.2) is 31.3 Å². The molecule has 1 aliphatic carbocycles. The molecule has 1 aliphatic heterocycles. The van der Waals surface area contributed by atoms with E-state index in [1.54, 1.807) is 0 Å². The summed E-state index contributed by atoms with van der Waals surface area (Å²) in [6.07, 6.45) is 1.13. The van der Waals surface area contributed by atoms with Crippen molar-refractivity contribution in [1.29, 1.82) is 0 Å². The lowest BCUT2D eigenvalue weighted by molar-refractivity contribution is -0.139. The van der Waals surface area contributed by atoms with E-state index in [9.17, 15) is 9.18 Å². The number of nitrogens with one attached hydrogen (secondary N) is 1. The third kappa shape index (κ3) is 1.99. The minimum absolute atomic E-state index is 0.0126. The zero-order chi connectivity index (χ0) is 9.26. The van der Waals surface area contributed by atoms with E-state index in [0.717, 1.165) is 6.42 Å². The molecule has 13 heavy (non-hydrogen) atoms. The van der Waals surface area contributed by atoms with E-state index < -0.39 is 6.17 Å². The van der Waals surface area contributed by atoms with E-state index in [1.807, 2.05) is 0 Å². The van der Waals surface area contributed by atoms with Crippen LogP contribution in [0.5, 0.6) is 0 Å². The van der Waals surface area contributed by atoms with E-state index >= 15 is 0 Å². The molecule has 1 saturated carbocycles. The van der Waals surface area contributed by atoms with Gasteiger partial charge in [0.1, 0.15) is 6.17 Å². The summed E-state index contributed by atoms with van der Waals surface area (Å²) in [4.78, 5) is 11.4. The molecule has 2 atom stereocenters. The van der Waals surface area contributed by atoms with Crippen molar-refractivity contribution in [2.75, 3.05) is 13.2 Å². The fourth-order valence-electron chi connectivity index (χ4n) is 1.76. The summed E-state index contributed by atoms with van der Waals surface area (Å²) in [6, 6.07) is 0.0584. The molecule has 0 aromatic heterocycles. The van der Waals surface area contributed by atoms with Crippen molar-refractivity contribution in [3.05, 3.63) is 0 Å². The Morgan fingerprint density at radius 2 is 2.15 bits per heavy atom. The Hall–Kier alpha value is -0.640. The number of hydrogen-bond donors (Lipinski definition) is 1. The van der Waals surface area contributed by atoms with Crippen molar-refractivity contribution in [1.82, 2.24) is 5.32 Å². The first-order chi connectivity index (χ1) is 6.25. The SMILES string of the molecule is O=C(NC1CCC(F)C1)C1COC1. The Kier molecular flexibility index (Phi) is 2.49. The van der Waals surface area contributed by atoms with Crippen LogP contribution >= 0.6 is 0 Å². The molecule has 1 amide bonds. The third-order valence-electron chi connectivity index (χ3n) is 2.72. The van der Waals surface area contributed by atoms with Gasteiger partial charge >= 0.3 is 0 Å². The summed E-state index contributed by atoms with van der Waals surface area (Å²) in [6.45, 7) is 1.05. The lowest BCUT2D eigenvalue weighted by Gasteiger charge is -2.26. The van der Waals surface area contributed by atoms with Gasteiger partial charge in [0.25, 0.3) is 0 Å². The predicted molar refractivity (Wildman–Crippen MR) is 45.0 cm³/mol. The van der Waals surface area contributed by atoms with Gasteiger partial charge < -0.3 is 10.1 Å². The quantitative estimate of drug-likeness (QED) is 0.689. The highest BCUT2D eigenvalue weighted by molar-refractivity contribution is 5.79. The van der Waals surface area contributed by atoms with E-state index in [-0.39, 0.29) is 17.9 Å². The molecule has 74 valence electrons. The van der Waals surface area contributed by atoms with Crippen molar-refractivity contribution in [3.63, 3.8) is 0 Å². The topological polar surface area (TPSA) is 38.3 Å². The molecule has 0 bridgehead atoms. The van der Waals surface area contributed by atoms with Gasteiger partial charge in [0.15, 0.2) is 0 Å². The fourth-order valence-corrected chi connectivity index (χ4v) is 1.76. The number of carbonyl (C=O) groups excluding carboxylic acids is 1. The normalized spacial score (nSPS) is 34.2. The van der Waals surface area contributed by atoms with Crippen LogP contribution in [0.4, 0.5) is 4.39 Å². The average Bonchev–Trinajstić information content (AvgIpc) is 2.31. The average molecular weight is 187 g/mol. The highest BCUT2D eigenvalue weighted by Gasteiger charge is 2.31. The van der Waals surface area contributed by atoms with Crippen LogP contribution in [0.1, 0.15) is 19.3 Å². The third-order valence-corrected chi connectivity index (χ3v) is 2.72. The molecule has 0 radical (unpaired) electrons. The maximum Gasteiger partial charge on any atom is 0.228 e. The monoisotopic (exact) mass is 187 g/mol. The predicted octanol–water partition coefficient (Wildman–Crippen LogP) is 0.640. The van der Waals surface area contributed by atoms with E-state index in [4.69, 9.17) is 4.74 Å². The molecule has 4 heteroatoms. The number of halogens is 1. The summed E-state index contributed by atoms with van der Waals surface area (Å²) in [5.74, 6) is 0.0454. The number of amides is 1. The molecule has 3 nitrogen and oxygen atoms in total. The lowest BCUT2D eigenvalue weighted by Crippen LogP contribution is -2.45. The molecule has 0 aromatic rings. The van der Waals surface area contributed by atoms with Crippen molar-refractivity contribution in [2.45, 2.75) is 31.5 Å². The zero-order valence-corrected chi connectivity index (χ0v) is 7.46. The van der Waals surface area contributed by atoms with Gasteiger partial charge in [0, 0.05) is 6.04 Å². The minimum atomic E-state index is -0.719. The summed E-state index contributed by atoms with van der Waals surface area (Å²) in [5.41, 5.74) is 0. The fraction of sp³-hybridized carbons (Fsp3) is 0.889. The van der Waals surface area contributed by atoms with Crippen LogP contribution in [-0.2, 0) is 9.53 Å². The number of carbonyl (C=O) groups is 1. The van der Waals surface area contributed by atoms with Crippen molar-refractivity contribution >= 4 is 5.91 Å². The van der Waals surface area contributed by atoms with Gasteiger partial charge in [-0.2, -0.15) is 0 Å². The Labute approximate surface area is 76.6 Å². The number of ether oxygens (including phenoxy) is 1. The van der Waals surface area contributed by atoms with Crippen molar-refractivity contribution in [2.24, 2.45) is 5.92 Å². The van der Waals surface area contributed by atoms with Crippen LogP contribution < -0.4 is 5.32 Å². The number of hydrogen-bond acceptors (Lipinski definition) is 2. The van der Waals surface area contributed by atoms with Gasteiger partial charge in [-0.25, -0.2) is 4.39 Å². The molecule has 1 heterocycles. The first kappa shape index (κ1) is 8.94. The molecule has 2 aliphatic rings. The molecule has 1 N–H and O–H groups in total. The van der Waals surface area contributed by atoms with Crippen LogP contribution in [0.2, 0.25) is 0 Å². The van der Waals surface area contributed by atoms with E-state index in [1.165, 1.54) is 0 Å². The first-order valence-electron chi connectivity index (χ1n) is 4.78. The van der Waals surface area contributed by atoms with Gasteiger partial charge in [-0.05, 0) is 19.3 Å². The highest BCUT2D eigenvalue weighted by atomic mass is 19.1. The molecular formula is C9H14FNO2. The number of rotatable bonds is 2. The molecule has 0 spiro atoms. The largest absolute Gasteiger partial charge is 0.380 e. The minimum Gasteiger partial charge on any atom is -0.380 e. The standard InChI is InChI=1S/C9H14FNO2/c10-7-1-2-8(3-7)11-9(12)6-4-13-5-6/h6-8H,1-5H2,(H,11,12). The second kappa shape index (κ2) is 3.62. The summed E-state index contributed by atoms with van der Waals surface area (Å²) in [7, 11) is 0. The Bertz CT molecular complexity index is 206. The Balaban J connectivity index is 1.74. The zero-order valence-electron chi connectivity index (χ0n) is 7.46. The summed E-state index contributed by atoms with van der Waals surface area (Å²) >= 11 is 0. The van der Waals surface area contributed by atoms with E-state index in [2.05, 4.69) is 5.32 Å². The highest BCUT2D eigenvalue weighted by Crippen LogP contribution is 2.22.